The van der Waals surface area contributed by atoms with Crippen LogP contribution in [0.15, 0.2) is 114 Å². The van der Waals surface area contributed by atoms with Gasteiger partial charge in [0.2, 0.25) is 0 Å². The molecule has 0 aromatic heterocycles. The number of nitrogens with one attached hydrogen (secondary N) is 1. The summed E-state index contributed by atoms with van der Waals surface area (Å²) >= 11 is 8.64. The number of benzene rings is 5. The molecule has 0 bridgehead atoms. The number of alkyl halides is 1. The van der Waals surface area contributed by atoms with E-state index in [4.69, 9.17) is 16.3 Å². The van der Waals surface area contributed by atoms with Gasteiger partial charge in [-0.1, -0.05) is 66.7 Å². The number of non-ortho nitro benzene ring substituents is 1. The van der Waals surface area contributed by atoms with Crippen LogP contribution >= 0.6 is 23.4 Å². The molecular weight excluding hydrogens is 626 g/mol. The number of nitrogens with zero attached hydrogens (tertiary/aromatic N) is 2. The molecule has 7 rings (SSSR count). The predicted octanol–water partition coefficient (Wildman–Crippen LogP) is 8.91. The molecule has 5 aromatic rings. The van der Waals surface area contributed by atoms with Crippen LogP contribution in [-0.2, 0) is 0 Å². The van der Waals surface area contributed by atoms with Gasteiger partial charge in [-0.25, -0.2) is 4.79 Å². The van der Waals surface area contributed by atoms with Crippen LogP contribution in [0.5, 0.6) is 5.75 Å². The molecule has 0 amide bonds. The van der Waals surface area contributed by atoms with Crippen LogP contribution in [0.25, 0.3) is 10.8 Å². The third-order valence-electron chi connectivity index (χ3n) is 8.78. The zero-order valence-electron chi connectivity index (χ0n) is 24.1. The molecule has 1 N–H and O–H groups in total. The van der Waals surface area contributed by atoms with Crippen molar-refractivity contribution in [3.8, 4) is 5.75 Å². The highest BCUT2D eigenvalue weighted by Gasteiger charge is 2.51. The number of carbonyl (C=O) groups is 1. The number of anilines is 1. The van der Waals surface area contributed by atoms with Crippen molar-refractivity contribution in [1.29, 1.82) is 0 Å². The summed E-state index contributed by atoms with van der Waals surface area (Å²) in [5.74, 6) is -0.520. The molecular formula is C35H26ClN3O6S. The van der Waals surface area contributed by atoms with Gasteiger partial charge in [-0.05, 0) is 58.5 Å². The number of hydrogen-bond acceptors (Lipinski definition) is 8. The number of ether oxygens (including phenoxy) is 1. The van der Waals surface area contributed by atoms with Gasteiger partial charge in [-0.3, -0.25) is 20.2 Å². The number of fused-ring (bicyclic) bond motifs is 4. The Labute approximate surface area is 272 Å². The molecule has 1 aliphatic heterocycles. The van der Waals surface area contributed by atoms with E-state index in [-0.39, 0.29) is 28.5 Å². The van der Waals surface area contributed by atoms with Crippen LogP contribution in [0, 0.1) is 26.1 Å². The van der Waals surface area contributed by atoms with E-state index in [9.17, 15) is 25.0 Å². The molecule has 0 unspecified atom stereocenters. The molecule has 2 aliphatic rings. The van der Waals surface area contributed by atoms with Gasteiger partial charge in [0, 0.05) is 29.4 Å². The van der Waals surface area contributed by atoms with Gasteiger partial charge in [0.05, 0.1) is 37.4 Å². The van der Waals surface area contributed by atoms with Gasteiger partial charge in [0.25, 0.3) is 11.4 Å². The maximum Gasteiger partial charge on any atom is 0.345 e. The summed E-state index contributed by atoms with van der Waals surface area (Å²) in [4.78, 5) is 36.9. The first-order valence-electron chi connectivity index (χ1n) is 14.7. The van der Waals surface area contributed by atoms with Crippen molar-refractivity contribution in [2.24, 2.45) is 5.92 Å². The first-order valence-corrected chi connectivity index (χ1v) is 16.0. The fourth-order valence-electron chi connectivity index (χ4n) is 6.74. The number of esters is 1. The van der Waals surface area contributed by atoms with Crippen LogP contribution in [0.4, 0.5) is 17.1 Å². The third-order valence-corrected chi connectivity index (χ3v) is 10.9. The molecule has 230 valence electrons. The number of rotatable bonds is 7. The zero-order valence-corrected chi connectivity index (χ0v) is 25.7. The standard InChI is InChI=1S/C35H26ClN3O6S/c36-32-30(46-29-14-4-3-13-28(29)39(43)44)19-27-31(32)25-11-6-12-26(34(25)37-33(27)22-9-5-10-23(17-22)38(41)42)35(40)45-24-16-15-20-7-1-2-8-21(20)18-24/h1-18,27,30-33,37H,19H2/t27-,30+,31+,32-,33-/m1/s1. The summed E-state index contributed by atoms with van der Waals surface area (Å²) in [5.41, 5.74) is 2.37. The molecule has 0 saturated heterocycles. The topological polar surface area (TPSA) is 125 Å². The molecule has 1 aliphatic carbocycles. The smallest absolute Gasteiger partial charge is 0.345 e. The van der Waals surface area contributed by atoms with Gasteiger partial charge >= 0.3 is 5.97 Å². The van der Waals surface area contributed by atoms with E-state index in [2.05, 4.69) is 5.32 Å². The first kappa shape index (κ1) is 29.8. The second-order valence-corrected chi connectivity index (χ2v) is 13.2. The average Bonchev–Trinajstić information content (AvgIpc) is 3.39. The van der Waals surface area contributed by atoms with Crippen molar-refractivity contribution in [3.05, 3.63) is 146 Å². The van der Waals surface area contributed by atoms with E-state index in [0.717, 1.165) is 16.3 Å². The Kier molecular flexibility index (Phi) is 7.84. The maximum absolute atomic E-state index is 13.7. The van der Waals surface area contributed by atoms with Crippen molar-refractivity contribution >= 4 is 57.2 Å². The second-order valence-electron chi connectivity index (χ2n) is 11.4. The summed E-state index contributed by atoms with van der Waals surface area (Å²) in [6, 6.07) is 31.3. The number of para-hydroxylation sites is 2. The van der Waals surface area contributed by atoms with Gasteiger partial charge < -0.3 is 10.1 Å². The Bertz CT molecular complexity index is 2020. The van der Waals surface area contributed by atoms with Gasteiger partial charge in [-0.2, -0.15) is 0 Å². The highest BCUT2D eigenvalue weighted by molar-refractivity contribution is 8.00. The monoisotopic (exact) mass is 651 g/mol. The fourth-order valence-corrected chi connectivity index (χ4v) is 8.68. The number of hydrogen-bond donors (Lipinski definition) is 1. The van der Waals surface area contributed by atoms with Crippen LogP contribution in [0.3, 0.4) is 0 Å². The number of nitro groups is 2. The number of nitro benzene ring substituents is 2. The normalized spacial score (nSPS) is 21.5. The molecule has 46 heavy (non-hydrogen) atoms. The second kappa shape index (κ2) is 12.1. The Morgan fingerprint density at radius 3 is 2.41 bits per heavy atom. The van der Waals surface area contributed by atoms with E-state index in [1.807, 2.05) is 48.5 Å². The number of halogens is 1. The van der Waals surface area contributed by atoms with Crippen molar-refractivity contribution in [2.45, 2.75) is 33.9 Å². The SMILES string of the molecule is O=C(Oc1ccc2ccccc2c1)c1cccc2c1N[C@H](c1cccc([N+](=O)[O-])c1)[C@@H]1C[C@H](Sc3ccccc3[N+](=O)[O-])[C@@H](Cl)[C@@H]21. The van der Waals surface area contributed by atoms with Crippen LogP contribution < -0.4 is 10.1 Å². The maximum atomic E-state index is 13.7. The minimum Gasteiger partial charge on any atom is -0.423 e. The van der Waals surface area contributed by atoms with Gasteiger partial charge in [0.1, 0.15) is 5.75 Å². The summed E-state index contributed by atoms with van der Waals surface area (Å²) in [7, 11) is 0. The van der Waals surface area contributed by atoms with Crippen LogP contribution in [0.1, 0.15) is 39.9 Å². The number of thioether (sulfide) groups is 1. The minimum atomic E-state index is -0.550. The van der Waals surface area contributed by atoms with Crippen LogP contribution in [0.2, 0.25) is 0 Å². The molecule has 0 radical (unpaired) electrons. The quantitative estimate of drug-likeness (QED) is 0.0608. The lowest BCUT2D eigenvalue weighted by atomic mass is 9.76. The van der Waals surface area contributed by atoms with Gasteiger partial charge in [0.15, 0.2) is 0 Å². The molecule has 5 aromatic carbocycles. The van der Waals surface area contributed by atoms with Crippen molar-refractivity contribution in [1.82, 2.24) is 0 Å². The first-order chi connectivity index (χ1) is 22.3. The molecule has 0 spiro atoms. The Morgan fingerprint density at radius 2 is 1.61 bits per heavy atom. The highest BCUT2D eigenvalue weighted by atomic mass is 35.5. The zero-order chi connectivity index (χ0) is 31.9. The van der Waals surface area contributed by atoms with E-state index in [1.165, 1.54) is 23.9 Å². The third kappa shape index (κ3) is 5.44. The lowest BCUT2D eigenvalue weighted by Gasteiger charge is -2.39. The Hall–Kier alpha value is -4.93. The molecule has 9 nitrogen and oxygen atoms in total. The Morgan fingerprint density at radius 1 is 0.848 bits per heavy atom. The molecule has 1 heterocycles. The predicted molar refractivity (Wildman–Crippen MR) is 178 cm³/mol. The summed E-state index contributed by atoms with van der Waals surface area (Å²) < 4.78 is 5.87. The molecule has 1 saturated carbocycles. The van der Waals surface area contributed by atoms with Crippen molar-refractivity contribution in [3.63, 3.8) is 0 Å². The van der Waals surface area contributed by atoms with Gasteiger partial charge in [-0.15, -0.1) is 23.4 Å². The van der Waals surface area contributed by atoms with E-state index < -0.39 is 27.2 Å². The lowest BCUT2D eigenvalue weighted by molar-refractivity contribution is -0.387. The minimum absolute atomic E-state index is 0.0127. The van der Waals surface area contributed by atoms with E-state index in [0.29, 0.717) is 33.9 Å². The van der Waals surface area contributed by atoms with Crippen molar-refractivity contribution in [2.75, 3.05) is 5.32 Å². The summed E-state index contributed by atoms with van der Waals surface area (Å²) in [6.07, 6.45) is 0.584. The highest BCUT2D eigenvalue weighted by Crippen LogP contribution is 2.58. The fraction of sp³-hybridized carbons (Fsp3) is 0.171. The Balaban J connectivity index is 1.28. The summed E-state index contributed by atoms with van der Waals surface area (Å²) in [6.45, 7) is 0. The van der Waals surface area contributed by atoms with E-state index >= 15 is 0 Å². The summed E-state index contributed by atoms with van der Waals surface area (Å²) in [5, 5.41) is 28.3. The average molecular weight is 652 g/mol. The van der Waals surface area contributed by atoms with Crippen molar-refractivity contribution < 1.29 is 19.4 Å². The molecule has 5 atom stereocenters. The van der Waals surface area contributed by atoms with E-state index in [1.54, 1.807) is 48.5 Å². The van der Waals surface area contributed by atoms with Crippen LogP contribution in [-0.4, -0.2) is 26.4 Å². The number of carbonyl (C=O) groups excluding carboxylic acids is 1. The molecule has 11 heteroatoms. The lowest BCUT2D eigenvalue weighted by Crippen LogP contribution is -2.32. The molecule has 1 fully saturated rings. The largest absolute Gasteiger partial charge is 0.423 e.